The SMILES string of the molecule is Cn1cccc1CN=C(N)NC1CCCCC1. The Bertz CT molecular complexity index is 375. The quantitative estimate of drug-likeness (QED) is 0.618. The number of guanidine groups is 1. The molecule has 0 radical (unpaired) electrons. The zero-order valence-corrected chi connectivity index (χ0v) is 10.5. The second-order valence-corrected chi connectivity index (χ2v) is 4.79. The number of rotatable bonds is 3. The number of aromatic nitrogens is 1. The van der Waals surface area contributed by atoms with Crippen LogP contribution in [0.3, 0.4) is 0 Å². The van der Waals surface area contributed by atoms with Crippen LogP contribution in [0.4, 0.5) is 0 Å². The summed E-state index contributed by atoms with van der Waals surface area (Å²) in [6.07, 6.45) is 8.44. The first-order valence-corrected chi connectivity index (χ1v) is 6.42. The van der Waals surface area contributed by atoms with Crippen LogP contribution in [0.1, 0.15) is 37.8 Å². The summed E-state index contributed by atoms with van der Waals surface area (Å²) in [7, 11) is 2.02. The van der Waals surface area contributed by atoms with E-state index in [-0.39, 0.29) is 0 Å². The molecule has 0 unspecified atom stereocenters. The molecule has 0 amide bonds. The van der Waals surface area contributed by atoms with E-state index in [1.165, 1.54) is 37.8 Å². The molecule has 4 heteroatoms. The second-order valence-electron chi connectivity index (χ2n) is 4.79. The van der Waals surface area contributed by atoms with Crippen LogP contribution >= 0.6 is 0 Å². The maximum Gasteiger partial charge on any atom is 0.189 e. The molecule has 0 atom stereocenters. The summed E-state index contributed by atoms with van der Waals surface area (Å²) in [5.41, 5.74) is 7.08. The van der Waals surface area contributed by atoms with Crippen LogP contribution in [0.25, 0.3) is 0 Å². The minimum atomic E-state index is 0.529. The standard InChI is InChI=1S/C13H22N4/c1-17-9-5-8-12(17)10-15-13(14)16-11-6-3-2-4-7-11/h5,8-9,11H,2-4,6-7,10H2,1H3,(H3,14,15,16). The monoisotopic (exact) mass is 234 g/mol. The average Bonchev–Trinajstić information content (AvgIpc) is 2.74. The van der Waals surface area contributed by atoms with E-state index >= 15 is 0 Å². The number of aliphatic imine (C=N–C) groups is 1. The van der Waals surface area contributed by atoms with Gasteiger partial charge in [0.05, 0.1) is 6.54 Å². The van der Waals surface area contributed by atoms with Crippen molar-refractivity contribution in [3.63, 3.8) is 0 Å². The fraction of sp³-hybridized carbons (Fsp3) is 0.615. The third-order valence-electron chi connectivity index (χ3n) is 3.42. The van der Waals surface area contributed by atoms with Gasteiger partial charge >= 0.3 is 0 Å². The molecule has 2 rings (SSSR count). The lowest BCUT2D eigenvalue weighted by atomic mass is 9.96. The van der Waals surface area contributed by atoms with E-state index in [9.17, 15) is 0 Å². The maximum absolute atomic E-state index is 5.90. The molecule has 1 aliphatic rings. The minimum absolute atomic E-state index is 0.529. The topological polar surface area (TPSA) is 55.3 Å². The summed E-state index contributed by atoms with van der Waals surface area (Å²) in [6.45, 7) is 0.648. The highest BCUT2D eigenvalue weighted by Gasteiger charge is 2.13. The Morgan fingerprint density at radius 2 is 2.24 bits per heavy atom. The predicted octanol–water partition coefficient (Wildman–Crippen LogP) is 1.76. The summed E-state index contributed by atoms with van der Waals surface area (Å²) < 4.78 is 2.07. The van der Waals surface area contributed by atoms with E-state index in [1.54, 1.807) is 0 Å². The molecular formula is C13H22N4. The molecule has 1 aliphatic carbocycles. The van der Waals surface area contributed by atoms with Gasteiger partial charge in [0.15, 0.2) is 5.96 Å². The first-order chi connectivity index (χ1) is 8.25. The third-order valence-corrected chi connectivity index (χ3v) is 3.42. The van der Waals surface area contributed by atoms with E-state index in [4.69, 9.17) is 5.73 Å². The number of nitrogens with two attached hydrogens (primary N) is 1. The Morgan fingerprint density at radius 1 is 1.47 bits per heavy atom. The van der Waals surface area contributed by atoms with Crippen molar-refractivity contribution >= 4 is 5.96 Å². The van der Waals surface area contributed by atoms with Crippen molar-refractivity contribution in [3.8, 4) is 0 Å². The van der Waals surface area contributed by atoms with Gasteiger partial charge in [0.1, 0.15) is 0 Å². The summed E-state index contributed by atoms with van der Waals surface area (Å²) in [6, 6.07) is 4.62. The Hall–Kier alpha value is -1.45. The van der Waals surface area contributed by atoms with Gasteiger partial charge in [0.25, 0.3) is 0 Å². The van der Waals surface area contributed by atoms with Gasteiger partial charge in [-0.2, -0.15) is 0 Å². The molecule has 17 heavy (non-hydrogen) atoms. The molecular weight excluding hydrogens is 212 g/mol. The number of nitrogens with one attached hydrogen (secondary N) is 1. The number of aryl methyl sites for hydroxylation is 1. The van der Waals surface area contributed by atoms with Crippen LogP contribution in [-0.2, 0) is 13.6 Å². The molecule has 1 aromatic heterocycles. The van der Waals surface area contributed by atoms with E-state index in [0.717, 1.165) is 0 Å². The van der Waals surface area contributed by atoms with Crippen LogP contribution < -0.4 is 11.1 Å². The van der Waals surface area contributed by atoms with Gasteiger partial charge in [-0.15, -0.1) is 0 Å². The third kappa shape index (κ3) is 3.51. The van der Waals surface area contributed by atoms with Crippen LogP contribution in [0.15, 0.2) is 23.3 Å². The van der Waals surface area contributed by atoms with Gasteiger partial charge in [-0.3, -0.25) is 0 Å². The Balaban J connectivity index is 1.82. The second kappa shape index (κ2) is 5.75. The van der Waals surface area contributed by atoms with E-state index in [2.05, 4.69) is 20.9 Å². The molecule has 0 saturated heterocycles. The Kier molecular flexibility index (Phi) is 4.07. The summed E-state index contributed by atoms with van der Waals surface area (Å²) >= 11 is 0. The van der Waals surface area contributed by atoms with Crippen LogP contribution in [0.2, 0.25) is 0 Å². The predicted molar refractivity (Wildman–Crippen MR) is 70.7 cm³/mol. The summed E-state index contributed by atoms with van der Waals surface area (Å²) in [4.78, 5) is 4.38. The first-order valence-electron chi connectivity index (χ1n) is 6.42. The molecule has 4 nitrogen and oxygen atoms in total. The lowest BCUT2D eigenvalue weighted by Gasteiger charge is -2.23. The van der Waals surface area contributed by atoms with Gasteiger partial charge in [0, 0.05) is 25.0 Å². The zero-order chi connectivity index (χ0) is 12.1. The van der Waals surface area contributed by atoms with E-state index < -0.39 is 0 Å². The van der Waals surface area contributed by atoms with Crippen molar-refractivity contribution in [1.82, 2.24) is 9.88 Å². The fourth-order valence-corrected chi connectivity index (χ4v) is 2.33. The first kappa shape index (κ1) is 12.0. The minimum Gasteiger partial charge on any atom is -0.370 e. The van der Waals surface area contributed by atoms with Crippen LogP contribution in [0, 0.1) is 0 Å². The zero-order valence-electron chi connectivity index (χ0n) is 10.5. The average molecular weight is 234 g/mol. The Labute approximate surface area is 103 Å². The van der Waals surface area contributed by atoms with Gasteiger partial charge < -0.3 is 15.6 Å². The Morgan fingerprint density at radius 3 is 2.88 bits per heavy atom. The molecule has 3 N–H and O–H groups in total. The van der Waals surface area contributed by atoms with Gasteiger partial charge in [-0.1, -0.05) is 19.3 Å². The maximum atomic E-state index is 5.90. The lowest BCUT2D eigenvalue weighted by molar-refractivity contribution is 0.412. The summed E-state index contributed by atoms with van der Waals surface area (Å²) in [5.74, 6) is 0.582. The highest BCUT2D eigenvalue weighted by atomic mass is 15.1. The fourth-order valence-electron chi connectivity index (χ4n) is 2.33. The molecule has 0 aromatic carbocycles. The van der Waals surface area contributed by atoms with E-state index in [0.29, 0.717) is 18.5 Å². The van der Waals surface area contributed by atoms with Crippen LogP contribution in [0.5, 0.6) is 0 Å². The van der Waals surface area contributed by atoms with E-state index in [1.807, 2.05) is 19.3 Å². The normalized spacial score (nSPS) is 18.3. The largest absolute Gasteiger partial charge is 0.370 e. The molecule has 1 heterocycles. The molecule has 1 aromatic rings. The van der Waals surface area contributed by atoms with Crippen molar-refractivity contribution < 1.29 is 0 Å². The van der Waals surface area contributed by atoms with Crippen molar-refractivity contribution in [2.45, 2.75) is 44.7 Å². The molecule has 0 aliphatic heterocycles. The number of hydrogen-bond donors (Lipinski definition) is 2. The molecule has 1 saturated carbocycles. The van der Waals surface area contributed by atoms with Gasteiger partial charge in [-0.25, -0.2) is 4.99 Å². The highest BCUT2D eigenvalue weighted by molar-refractivity contribution is 5.78. The van der Waals surface area contributed by atoms with Crippen molar-refractivity contribution in [2.75, 3.05) is 0 Å². The number of nitrogens with zero attached hydrogens (tertiary/aromatic N) is 2. The molecule has 1 fully saturated rings. The van der Waals surface area contributed by atoms with Crippen molar-refractivity contribution in [3.05, 3.63) is 24.0 Å². The van der Waals surface area contributed by atoms with Crippen molar-refractivity contribution in [1.29, 1.82) is 0 Å². The van der Waals surface area contributed by atoms with Crippen molar-refractivity contribution in [2.24, 2.45) is 17.8 Å². The molecule has 0 spiro atoms. The molecule has 94 valence electrons. The van der Waals surface area contributed by atoms with Gasteiger partial charge in [0.2, 0.25) is 0 Å². The smallest absolute Gasteiger partial charge is 0.189 e. The van der Waals surface area contributed by atoms with Crippen LogP contribution in [-0.4, -0.2) is 16.6 Å². The van der Waals surface area contributed by atoms with Gasteiger partial charge in [-0.05, 0) is 25.0 Å². The lowest BCUT2D eigenvalue weighted by Crippen LogP contribution is -2.41. The summed E-state index contributed by atoms with van der Waals surface area (Å²) in [5, 5.41) is 3.32. The molecule has 0 bridgehead atoms. The number of hydrogen-bond acceptors (Lipinski definition) is 1. The highest BCUT2D eigenvalue weighted by Crippen LogP contribution is 2.17.